The SMILES string of the molecule is CCOCC(Nc1ccc(C#N)cc1F)C(C)C. The molecule has 1 N–H and O–H groups in total. The number of nitriles is 1. The van der Waals surface area contributed by atoms with Gasteiger partial charge in [0, 0.05) is 6.61 Å². The van der Waals surface area contributed by atoms with Crippen molar-refractivity contribution in [3.05, 3.63) is 29.6 Å². The third kappa shape index (κ3) is 4.01. The molecule has 1 aromatic carbocycles. The molecule has 0 radical (unpaired) electrons. The molecule has 0 saturated carbocycles. The molecule has 3 nitrogen and oxygen atoms in total. The maximum atomic E-state index is 13.7. The van der Waals surface area contributed by atoms with Gasteiger partial charge in [-0.1, -0.05) is 13.8 Å². The highest BCUT2D eigenvalue weighted by Gasteiger charge is 2.15. The summed E-state index contributed by atoms with van der Waals surface area (Å²) in [5, 5.41) is 11.8. The van der Waals surface area contributed by atoms with Crippen molar-refractivity contribution in [1.29, 1.82) is 5.26 Å². The van der Waals surface area contributed by atoms with Gasteiger partial charge in [0.15, 0.2) is 0 Å². The molecule has 1 atom stereocenters. The lowest BCUT2D eigenvalue weighted by Crippen LogP contribution is -2.31. The first-order chi connectivity index (χ1) is 8.58. The average molecular weight is 250 g/mol. The van der Waals surface area contributed by atoms with Crippen molar-refractivity contribution in [1.82, 2.24) is 0 Å². The Hall–Kier alpha value is -1.60. The van der Waals surface area contributed by atoms with Crippen LogP contribution in [-0.4, -0.2) is 19.3 Å². The number of rotatable bonds is 6. The van der Waals surface area contributed by atoms with E-state index in [1.165, 1.54) is 6.07 Å². The van der Waals surface area contributed by atoms with Gasteiger partial charge in [-0.15, -0.1) is 0 Å². The van der Waals surface area contributed by atoms with E-state index in [4.69, 9.17) is 10.00 Å². The van der Waals surface area contributed by atoms with Gasteiger partial charge in [-0.25, -0.2) is 4.39 Å². The van der Waals surface area contributed by atoms with Crippen molar-refractivity contribution in [3.63, 3.8) is 0 Å². The maximum absolute atomic E-state index is 13.7. The molecule has 0 spiro atoms. The molecule has 0 aliphatic heterocycles. The van der Waals surface area contributed by atoms with Gasteiger partial charge in [0.1, 0.15) is 5.82 Å². The largest absolute Gasteiger partial charge is 0.380 e. The van der Waals surface area contributed by atoms with Crippen LogP contribution in [-0.2, 0) is 4.74 Å². The Morgan fingerprint density at radius 3 is 2.67 bits per heavy atom. The lowest BCUT2D eigenvalue weighted by molar-refractivity contribution is 0.126. The highest BCUT2D eigenvalue weighted by atomic mass is 19.1. The number of ether oxygens (including phenoxy) is 1. The van der Waals surface area contributed by atoms with Crippen molar-refractivity contribution in [2.24, 2.45) is 5.92 Å². The summed E-state index contributed by atoms with van der Waals surface area (Å²) >= 11 is 0. The van der Waals surface area contributed by atoms with Crippen molar-refractivity contribution in [3.8, 4) is 6.07 Å². The summed E-state index contributed by atoms with van der Waals surface area (Å²) in [4.78, 5) is 0. The standard InChI is InChI=1S/C14H19FN2O/c1-4-18-9-14(10(2)3)17-13-6-5-11(8-16)7-12(13)15/h5-7,10,14,17H,4,9H2,1-3H3. The number of hydrogen-bond acceptors (Lipinski definition) is 3. The van der Waals surface area contributed by atoms with Gasteiger partial charge in [0.25, 0.3) is 0 Å². The van der Waals surface area contributed by atoms with Crippen molar-refractivity contribution in [2.75, 3.05) is 18.5 Å². The first-order valence-corrected chi connectivity index (χ1v) is 6.12. The topological polar surface area (TPSA) is 45.0 Å². The first kappa shape index (κ1) is 14.5. The van der Waals surface area contributed by atoms with Crippen LogP contribution in [0.2, 0.25) is 0 Å². The Morgan fingerprint density at radius 1 is 1.44 bits per heavy atom. The fraction of sp³-hybridized carbons (Fsp3) is 0.500. The molecule has 1 rings (SSSR count). The van der Waals surface area contributed by atoms with Crippen LogP contribution in [0.1, 0.15) is 26.3 Å². The number of benzene rings is 1. The van der Waals surface area contributed by atoms with Crippen LogP contribution in [0.3, 0.4) is 0 Å². The molecule has 98 valence electrons. The van der Waals surface area contributed by atoms with Crippen molar-refractivity contribution >= 4 is 5.69 Å². The van der Waals surface area contributed by atoms with Crippen LogP contribution in [0.15, 0.2) is 18.2 Å². The minimum absolute atomic E-state index is 0.0485. The molecule has 1 aromatic rings. The zero-order chi connectivity index (χ0) is 13.5. The molecule has 0 aliphatic rings. The summed E-state index contributed by atoms with van der Waals surface area (Å²) in [5.41, 5.74) is 0.733. The fourth-order valence-corrected chi connectivity index (χ4v) is 1.55. The molecule has 4 heteroatoms. The Balaban J connectivity index is 2.78. The predicted octanol–water partition coefficient (Wildman–Crippen LogP) is 3.17. The van der Waals surface area contributed by atoms with Crippen LogP contribution in [0, 0.1) is 23.1 Å². The minimum atomic E-state index is -0.406. The molecule has 18 heavy (non-hydrogen) atoms. The molecule has 0 bridgehead atoms. The van der Waals surface area contributed by atoms with Crippen LogP contribution in [0.25, 0.3) is 0 Å². The molecular formula is C14H19FN2O. The van der Waals surface area contributed by atoms with Crippen LogP contribution in [0.5, 0.6) is 0 Å². The van der Waals surface area contributed by atoms with Gasteiger partial charge in [0.05, 0.1) is 30.0 Å². The molecule has 0 fully saturated rings. The lowest BCUT2D eigenvalue weighted by Gasteiger charge is -2.23. The number of nitrogens with zero attached hydrogens (tertiary/aromatic N) is 1. The summed E-state index contributed by atoms with van der Waals surface area (Å²) in [7, 11) is 0. The Labute approximate surface area is 108 Å². The summed E-state index contributed by atoms with van der Waals surface area (Å²) in [6, 6.07) is 6.39. The van der Waals surface area contributed by atoms with Crippen LogP contribution < -0.4 is 5.32 Å². The summed E-state index contributed by atoms with van der Waals surface area (Å²) in [6.45, 7) is 7.21. The molecule has 0 aromatic heterocycles. The molecule has 1 unspecified atom stereocenters. The van der Waals surface area contributed by atoms with Gasteiger partial charge >= 0.3 is 0 Å². The van der Waals surface area contributed by atoms with E-state index in [2.05, 4.69) is 19.2 Å². The van der Waals surface area contributed by atoms with E-state index in [1.807, 2.05) is 13.0 Å². The third-order valence-electron chi connectivity index (χ3n) is 2.75. The Kier molecular flexibility index (Phi) is 5.60. The zero-order valence-corrected chi connectivity index (χ0v) is 11.0. The van der Waals surface area contributed by atoms with Crippen LogP contribution in [0.4, 0.5) is 10.1 Å². The van der Waals surface area contributed by atoms with Gasteiger partial charge in [0.2, 0.25) is 0 Å². The smallest absolute Gasteiger partial charge is 0.147 e. The number of anilines is 1. The maximum Gasteiger partial charge on any atom is 0.147 e. The second-order valence-corrected chi connectivity index (χ2v) is 4.46. The Bertz CT molecular complexity index is 426. The highest BCUT2D eigenvalue weighted by molar-refractivity contribution is 5.49. The van der Waals surface area contributed by atoms with E-state index in [-0.39, 0.29) is 6.04 Å². The lowest BCUT2D eigenvalue weighted by atomic mass is 10.0. The normalized spacial score (nSPS) is 12.2. The van der Waals surface area contributed by atoms with Crippen LogP contribution >= 0.6 is 0 Å². The van der Waals surface area contributed by atoms with E-state index >= 15 is 0 Å². The fourth-order valence-electron chi connectivity index (χ4n) is 1.55. The molecule has 0 heterocycles. The van der Waals surface area contributed by atoms with E-state index < -0.39 is 5.82 Å². The molecule has 0 aliphatic carbocycles. The van der Waals surface area contributed by atoms with Gasteiger partial charge in [-0.05, 0) is 31.0 Å². The number of hydrogen-bond donors (Lipinski definition) is 1. The van der Waals surface area contributed by atoms with Gasteiger partial charge < -0.3 is 10.1 Å². The summed E-state index contributed by atoms with van der Waals surface area (Å²) in [6.07, 6.45) is 0. The number of nitrogens with one attached hydrogen (secondary N) is 1. The second-order valence-electron chi connectivity index (χ2n) is 4.46. The summed E-state index contributed by atoms with van der Waals surface area (Å²) in [5.74, 6) is -0.0807. The van der Waals surface area contributed by atoms with Crippen molar-refractivity contribution in [2.45, 2.75) is 26.8 Å². The minimum Gasteiger partial charge on any atom is -0.380 e. The van der Waals surface area contributed by atoms with E-state index in [1.54, 1.807) is 12.1 Å². The third-order valence-corrected chi connectivity index (χ3v) is 2.75. The second kappa shape index (κ2) is 6.97. The molecule has 0 amide bonds. The van der Waals surface area contributed by atoms with E-state index in [0.717, 1.165) is 0 Å². The Morgan fingerprint density at radius 2 is 2.17 bits per heavy atom. The predicted molar refractivity (Wildman–Crippen MR) is 69.9 cm³/mol. The summed E-state index contributed by atoms with van der Waals surface area (Å²) < 4.78 is 19.1. The highest BCUT2D eigenvalue weighted by Crippen LogP contribution is 2.18. The van der Waals surface area contributed by atoms with Gasteiger partial charge in [-0.3, -0.25) is 0 Å². The number of halogens is 1. The van der Waals surface area contributed by atoms with E-state index in [9.17, 15) is 4.39 Å². The van der Waals surface area contributed by atoms with E-state index in [0.29, 0.717) is 30.4 Å². The first-order valence-electron chi connectivity index (χ1n) is 6.12. The quantitative estimate of drug-likeness (QED) is 0.843. The monoisotopic (exact) mass is 250 g/mol. The van der Waals surface area contributed by atoms with Crippen molar-refractivity contribution < 1.29 is 9.13 Å². The average Bonchev–Trinajstić information content (AvgIpc) is 2.35. The molecule has 0 saturated heterocycles. The van der Waals surface area contributed by atoms with Gasteiger partial charge in [-0.2, -0.15) is 5.26 Å². The molecular weight excluding hydrogens is 231 g/mol. The zero-order valence-electron chi connectivity index (χ0n) is 11.0.